The number of rotatable bonds is 6. The number of ether oxygens (including phenoxy) is 1. The predicted molar refractivity (Wildman–Crippen MR) is 116 cm³/mol. The summed E-state index contributed by atoms with van der Waals surface area (Å²) in [5, 5.41) is 2.99. The fourth-order valence-electron chi connectivity index (χ4n) is 3.55. The molecule has 0 aromatic heterocycles. The van der Waals surface area contributed by atoms with Crippen molar-refractivity contribution in [2.24, 2.45) is 0 Å². The van der Waals surface area contributed by atoms with Crippen LogP contribution in [0, 0.1) is 6.92 Å². The summed E-state index contributed by atoms with van der Waals surface area (Å²) >= 11 is 0. The van der Waals surface area contributed by atoms with Gasteiger partial charge in [-0.3, -0.25) is 9.59 Å². The number of methoxy groups -OCH3 is 1. The molecule has 2 aromatic rings. The van der Waals surface area contributed by atoms with E-state index in [1.807, 2.05) is 13.0 Å². The number of ketones is 1. The van der Waals surface area contributed by atoms with Crippen LogP contribution < -0.4 is 15.0 Å². The van der Waals surface area contributed by atoms with Gasteiger partial charge in [0.25, 0.3) is 0 Å². The molecule has 1 N–H and O–H groups in total. The molecule has 0 saturated carbocycles. The van der Waals surface area contributed by atoms with Crippen molar-refractivity contribution in [2.45, 2.75) is 20.3 Å². The quantitative estimate of drug-likeness (QED) is 0.762. The average molecular weight is 396 g/mol. The Morgan fingerprint density at radius 3 is 2.41 bits per heavy atom. The van der Waals surface area contributed by atoms with Gasteiger partial charge in [0.1, 0.15) is 5.75 Å². The molecular weight excluding hydrogens is 366 g/mol. The third-order valence-corrected chi connectivity index (χ3v) is 5.39. The highest BCUT2D eigenvalue weighted by molar-refractivity contribution is 5.96. The Bertz CT molecular complexity index is 902. The Kier molecular flexibility index (Phi) is 6.54. The number of hydrogen-bond donors (Lipinski definition) is 1. The first-order valence-electron chi connectivity index (χ1n) is 9.89. The van der Waals surface area contributed by atoms with Crippen LogP contribution in [-0.4, -0.2) is 56.9 Å². The molecule has 0 spiro atoms. The van der Waals surface area contributed by atoms with Crippen LogP contribution in [0.4, 0.5) is 11.4 Å². The number of Topliss-reactive ketones (excluding diaryl/α,β-unsaturated/α-hetero) is 1. The number of amides is 1. The van der Waals surface area contributed by atoms with E-state index in [0.717, 1.165) is 37.4 Å². The van der Waals surface area contributed by atoms with Gasteiger partial charge in [0.15, 0.2) is 5.78 Å². The molecule has 6 nitrogen and oxygen atoms in total. The Morgan fingerprint density at radius 1 is 1.07 bits per heavy atom. The van der Waals surface area contributed by atoms with Crippen molar-refractivity contribution in [3.05, 3.63) is 53.1 Å². The minimum Gasteiger partial charge on any atom is -0.496 e. The Morgan fingerprint density at radius 2 is 1.79 bits per heavy atom. The van der Waals surface area contributed by atoms with Crippen LogP contribution in [0.1, 0.15) is 28.4 Å². The number of aryl methyl sites for hydroxylation is 1. The summed E-state index contributed by atoms with van der Waals surface area (Å²) in [4.78, 5) is 29.0. The third kappa shape index (κ3) is 5.15. The standard InChI is InChI=1S/C23H29N3O3/c1-16-13-20(26-11-9-25(3)10-12-26)6-7-21(16)24-23(28)15-19-14-18(17(2)27)5-8-22(19)29-4/h5-8,13-14H,9-12,15H2,1-4H3,(H,24,28). The summed E-state index contributed by atoms with van der Waals surface area (Å²) in [6, 6.07) is 11.3. The number of nitrogens with one attached hydrogen (secondary N) is 1. The molecule has 0 bridgehead atoms. The van der Waals surface area contributed by atoms with E-state index in [1.54, 1.807) is 25.3 Å². The Hall–Kier alpha value is -2.86. The van der Waals surface area contributed by atoms with Crippen molar-refractivity contribution >= 4 is 23.1 Å². The summed E-state index contributed by atoms with van der Waals surface area (Å²) in [6.07, 6.45) is 0.143. The number of anilines is 2. The molecule has 1 aliphatic heterocycles. The molecule has 1 amide bonds. The van der Waals surface area contributed by atoms with E-state index >= 15 is 0 Å². The molecule has 0 unspecified atom stereocenters. The maximum Gasteiger partial charge on any atom is 0.228 e. The van der Waals surface area contributed by atoms with Crippen LogP contribution >= 0.6 is 0 Å². The highest BCUT2D eigenvalue weighted by Crippen LogP contribution is 2.25. The largest absolute Gasteiger partial charge is 0.496 e. The van der Waals surface area contributed by atoms with Gasteiger partial charge in [-0.25, -0.2) is 0 Å². The van der Waals surface area contributed by atoms with Crippen molar-refractivity contribution in [1.29, 1.82) is 0 Å². The summed E-state index contributed by atoms with van der Waals surface area (Å²) < 4.78 is 5.35. The number of carbonyl (C=O) groups excluding carboxylic acids is 2. The highest BCUT2D eigenvalue weighted by atomic mass is 16.5. The highest BCUT2D eigenvalue weighted by Gasteiger charge is 2.16. The van der Waals surface area contributed by atoms with Crippen molar-refractivity contribution in [2.75, 3.05) is 50.6 Å². The number of nitrogens with zero attached hydrogens (tertiary/aromatic N) is 2. The van der Waals surface area contributed by atoms with Gasteiger partial charge in [0.2, 0.25) is 5.91 Å². The lowest BCUT2D eigenvalue weighted by atomic mass is 10.0. The van der Waals surface area contributed by atoms with Crippen LogP contribution in [-0.2, 0) is 11.2 Å². The van der Waals surface area contributed by atoms with E-state index in [0.29, 0.717) is 16.9 Å². The molecular formula is C23H29N3O3. The Labute approximate surface area is 172 Å². The number of benzene rings is 2. The van der Waals surface area contributed by atoms with E-state index in [9.17, 15) is 9.59 Å². The lowest BCUT2D eigenvalue weighted by Crippen LogP contribution is -2.44. The normalized spacial score (nSPS) is 14.6. The summed E-state index contributed by atoms with van der Waals surface area (Å²) in [5.41, 5.74) is 4.28. The van der Waals surface area contributed by atoms with Crippen LogP contribution in [0.2, 0.25) is 0 Å². The van der Waals surface area contributed by atoms with Gasteiger partial charge in [-0.2, -0.15) is 0 Å². The zero-order valence-corrected chi connectivity index (χ0v) is 17.6. The molecule has 29 heavy (non-hydrogen) atoms. The second-order valence-corrected chi connectivity index (χ2v) is 7.60. The topological polar surface area (TPSA) is 61.9 Å². The first-order valence-corrected chi connectivity index (χ1v) is 9.89. The van der Waals surface area contributed by atoms with Crippen LogP contribution in [0.15, 0.2) is 36.4 Å². The molecule has 1 aliphatic rings. The second-order valence-electron chi connectivity index (χ2n) is 7.60. The van der Waals surface area contributed by atoms with Gasteiger partial charge in [-0.05, 0) is 62.9 Å². The second kappa shape index (κ2) is 9.09. The van der Waals surface area contributed by atoms with Crippen LogP contribution in [0.3, 0.4) is 0 Å². The maximum atomic E-state index is 12.6. The minimum absolute atomic E-state index is 0.0374. The van der Waals surface area contributed by atoms with E-state index in [-0.39, 0.29) is 18.1 Å². The minimum atomic E-state index is -0.139. The van der Waals surface area contributed by atoms with Crippen molar-refractivity contribution in [3.8, 4) is 5.75 Å². The van der Waals surface area contributed by atoms with Gasteiger partial charge in [0.05, 0.1) is 13.5 Å². The zero-order chi connectivity index (χ0) is 21.0. The van der Waals surface area contributed by atoms with Gasteiger partial charge < -0.3 is 19.9 Å². The van der Waals surface area contributed by atoms with Crippen molar-refractivity contribution < 1.29 is 14.3 Å². The van der Waals surface area contributed by atoms with Gasteiger partial charge in [-0.1, -0.05) is 0 Å². The van der Waals surface area contributed by atoms with Crippen LogP contribution in [0.25, 0.3) is 0 Å². The Balaban J connectivity index is 1.69. The molecule has 0 atom stereocenters. The zero-order valence-electron chi connectivity index (χ0n) is 17.6. The molecule has 3 rings (SSSR count). The number of carbonyl (C=O) groups is 2. The first-order chi connectivity index (χ1) is 13.9. The molecule has 2 aromatic carbocycles. The lowest BCUT2D eigenvalue weighted by Gasteiger charge is -2.34. The summed E-state index contributed by atoms with van der Waals surface area (Å²) in [5.74, 6) is 0.427. The molecule has 1 saturated heterocycles. The average Bonchev–Trinajstić information content (AvgIpc) is 2.70. The van der Waals surface area contributed by atoms with Gasteiger partial charge in [0, 0.05) is 48.7 Å². The van der Waals surface area contributed by atoms with Crippen molar-refractivity contribution in [3.63, 3.8) is 0 Å². The monoisotopic (exact) mass is 395 g/mol. The fraction of sp³-hybridized carbons (Fsp3) is 0.391. The smallest absolute Gasteiger partial charge is 0.228 e. The molecule has 154 valence electrons. The van der Waals surface area contributed by atoms with E-state index in [2.05, 4.69) is 34.3 Å². The molecule has 0 radical (unpaired) electrons. The molecule has 1 heterocycles. The molecule has 0 aliphatic carbocycles. The fourth-order valence-corrected chi connectivity index (χ4v) is 3.55. The number of likely N-dealkylation sites (N-methyl/N-ethyl adjacent to an activating group) is 1. The van der Waals surface area contributed by atoms with E-state index in [1.165, 1.54) is 12.6 Å². The lowest BCUT2D eigenvalue weighted by molar-refractivity contribution is -0.115. The molecule has 6 heteroatoms. The number of hydrogen-bond acceptors (Lipinski definition) is 5. The SMILES string of the molecule is COc1ccc(C(C)=O)cc1CC(=O)Nc1ccc(N2CCN(C)CC2)cc1C. The predicted octanol–water partition coefficient (Wildman–Crippen LogP) is 3.14. The maximum absolute atomic E-state index is 12.6. The van der Waals surface area contributed by atoms with Gasteiger partial charge in [-0.15, -0.1) is 0 Å². The van der Waals surface area contributed by atoms with Crippen LogP contribution in [0.5, 0.6) is 5.75 Å². The summed E-state index contributed by atoms with van der Waals surface area (Å²) in [7, 11) is 3.70. The number of piperazine rings is 1. The van der Waals surface area contributed by atoms with Gasteiger partial charge >= 0.3 is 0 Å². The molecule has 1 fully saturated rings. The summed E-state index contributed by atoms with van der Waals surface area (Å²) in [6.45, 7) is 7.64. The van der Waals surface area contributed by atoms with E-state index in [4.69, 9.17) is 4.74 Å². The third-order valence-electron chi connectivity index (χ3n) is 5.39. The van der Waals surface area contributed by atoms with E-state index < -0.39 is 0 Å². The van der Waals surface area contributed by atoms with Crippen molar-refractivity contribution in [1.82, 2.24) is 4.90 Å². The first kappa shape index (κ1) is 20.9.